The van der Waals surface area contributed by atoms with Crippen molar-refractivity contribution in [3.63, 3.8) is 0 Å². The van der Waals surface area contributed by atoms with Gasteiger partial charge in [-0.25, -0.2) is 0 Å². The van der Waals surface area contributed by atoms with Crippen LogP contribution in [0.2, 0.25) is 0 Å². The van der Waals surface area contributed by atoms with E-state index in [0.717, 1.165) is 16.7 Å². The number of nitrogens with zero attached hydrogens (tertiary/aromatic N) is 3. The Labute approximate surface area is 140 Å². The number of hydrogen-bond acceptors (Lipinski definition) is 3. The van der Waals surface area contributed by atoms with Crippen LogP contribution in [0.3, 0.4) is 0 Å². The smallest absolute Gasteiger partial charge is 0.0273 e. The van der Waals surface area contributed by atoms with E-state index in [2.05, 4.69) is 33.2 Å². The van der Waals surface area contributed by atoms with Gasteiger partial charge in [-0.2, -0.15) is 0 Å². The first-order chi connectivity index (χ1) is 11.9. The lowest BCUT2D eigenvalue weighted by Gasteiger charge is -2.11. The molecule has 24 heavy (non-hydrogen) atoms. The highest BCUT2D eigenvalue weighted by atomic mass is 14.6. The summed E-state index contributed by atoms with van der Waals surface area (Å²) in [6.45, 7) is 0. The quantitative estimate of drug-likeness (QED) is 0.542. The van der Waals surface area contributed by atoms with Crippen molar-refractivity contribution >= 4 is 0 Å². The van der Waals surface area contributed by atoms with Gasteiger partial charge in [0.05, 0.1) is 0 Å². The molecule has 0 aliphatic heterocycles. The molecule has 3 heteroatoms. The molecule has 0 N–H and O–H groups in total. The molecule has 3 aromatic heterocycles. The number of hydrogen-bond donors (Lipinski definition) is 0. The minimum Gasteiger partial charge on any atom is -0.265 e. The van der Waals surface area contributed by atoms with Crippen molar-refractivity contribution in [1.82, 2.24) is 15.0 Å². The lowest BCUT2D eigenvalue weighted by Crippen LogP contribution is -1.87. The van der Waals surface area contributed by atoms with E-state index in [4.69, 9.17) is 0 Å². The van der Waals surface area contributed by atoms with Gasteiger partial charge in [0.15, 0.2) is 0 Å². The molecule has 0 aliphatic carbocycles. The maximum absolute atomic E-state index is 4.12. The summed E-state index contributed by atoms with van der Waals surface area (Å²) in [5, 5.41) is 0. The lowest BCUT2D eigenvalue weighted by atomic mass is 9.94. The third-order valence-corrected chi connectivity index (χ3v) is 3.97. The topological polar surface area (TPSA) is 38.7 Å². The van der Waals surface area contributed by atoms with Crippen LogP contribution in [0, 0.1) is 0 Å². The molecule has 3 heterocycles. The molecule has 0 bridgehead atoms. The van der Waals surface area contributed by atoms with E-state index in [1.165, 1.54) is 16.7 Å². The average Bonchev–Trinajstić information content (AvgIpc) is 2.70. The molecular formula is C21H15N3. The van der Waals surface area contributed by atoms with Crippen molar-refractivity contribution in [3.8, 4) is 33.4 Å². The molecule has 0 aliphatic rings. The Morgan fingerprint density at radius 3 is 0.833 bits per heavy atom. The number of aromatic nitrogens is 3. The standard InChI is InChI=1S/C21H15N3/c1-7-22-8-2-16(1)19-13-20(17-3-9-23-10-4-17)15-21(14-19)18-5-11-24-12-6-18/h1-15H. The summed E-state index contributed by atoms with van der Waals surface area (Å²) in [5.74, 6) is 0. The molecule has 4 aromatic rings. The molecule has 1 aromatic carbocycles. The zero-order valence-electron chi connectivity index (χ0n) is 13.0. The zero-order valence-corrected chi connectivity index (χ0v) is 13.0. The fourth-order valence-corrected chi connectivity index (χ4v) is 2.76. The highest BCUT2D eigenvalue weighted by molar-refractivity contribution is 5.80. The summed E-state index contributed by atoms with van der Waals surface area (Å²) in [7, 11) is 0. The molecular weight excluding hydrogens is 294 g/mol. The van der Waals surface area contributed by atoms with E-state index in [0.29, 0.717) is 0 Å². The van der Waals surface area contributed by atoms with Crippen LogP contribution in [-0.4, -0.2) is 15.0 Å². The first-order valence-electron chi connectivity index (χ1n) is 7.76. The zero-order chi connectivity index (χ0) is 16.2. The van der Waals surface area contributed by atoms with Gasteiger partial charge in [0.2, 0.25) is 0 Å². The predicted octanol–water partition coefficient (Wildman–Crippen LogP) is 4.87. The van der Waals surface area contributed by atoms with Gasteiger partial charge in [0, 0.05) is 37.2 Å². The third-order valence-electron chi connectivity index (χ3n) is 3.97. The summed E-state index contributed by atoms with van der Waals surface area (Å²) in [5.41, 5.74) is 6.94. The Morgan fingerprint density at radius 1 is 0.333 bits per heavy atom. The molecule has 3 nitrogen and oxygen atoms in total. The first kappa shape index (κ1) is 14.3. The Bertz CT molecular complexity index is 797. The predicted molar refractivity (Wildman–Crippen MR) is 96.1 cm³/mol. The second-order valence-electron chi connectivity index (χ2n) is 5.51. The fraction of sp³-hybridized carbons (Fsp3) is 0. The fourth-order valence-electron chi connectivity index (χ4n) is 2.76. The van der Waals surface area contributed by atoms with E-state index in [-0.39, 0.29) is 0 Å². The Balaban J connectivity index is 1.92. The van der Waals surface area contributed by atoms with Crippen LogP contribution >= 0.6 is 0 Å². The maximum Gasteiger partial charge on any atom is 0.0273 e. The van der Waals surface area contributed by atoms with Crippen LogP contribution in [0.4, 0.5) is 0 Å². The van der Waals surface area contributed by atoms with Gasteiger partial charge >= 0.3 is 0 Å². The Hall–Kier alpha value is -3.33. The molecule has 4 rings (SSSR count). The summed E-state index contributed by atoms with van der Waals surface area (Å²) in [4.78, 5) is 12.3. The van der Waals surface area contributed by atoms with Crippen LogP contribution in [0.15, 0.2) is 91.8 Å². The Morgan fingerprint density at radius 2 is 0.583 bits per heavy atom. The van der Waals surface area contributed by atoms with E-state index in [1.54, 1.807) is 0 Å². The number of benzene rings is 1. The van der Waals surface area contributed by atoms with Crippen molar-refractivity contribution in [2.24, 2.45) is 0 Å². The monoisotopic (exact) mass is 309 g/mol. The van der Waals surface area contributed by atoms with Crippen molar-refractivity contribution in [1.29, 1.82) is 0 Å². The van der Waals surface area contributed by atoms with E-state index >= 15 is 0 Å². The summed E-state index contributed by atoms with van der Waals surface area (Å²) < 4.78 is 0. The SMILES string of the molecule is c1cc(-c2cc(-c3ccncc3)cc(-c3ccncc3)c2)ccn1. The Kier molecular flexibility index (Phi) is 3.82. The van der Waals surface area contributed by atoms with Crippen molar-refractivity contribution in [2.45, 2.75) is 0 Å². The highest BCUT2D eigenvalue weighted by Crippen LogP contribution is 2.32. The van der Waals surface area contributed by atoms with Gasteiger partial charge in [-0.05, 0) is 88.0 Å². The third kappa shape index (κ3) is 2.92. The van der Waals surface area contributed by atoms with E-state index in [1.807, 2.05) is 73.6 Å². The summed E-state index contributed by atoms with van der Waals surface area (Å²) in [6.07, 6.45) is 10.9. The second kappa shape index (κ2) is 6.42. The van der Waals surface area contributed by atoms with Gasteiger partial charge in [0.25, 0.3) is 0 Å². The van der Waals surface area contributed by atoms with Gasteiger partial charge in [-0.1, -0.05) is 0 Å². The van der Waals surface area contributed by atoms with Gasteiger partial charge in [-0.3, -0.25) is 15.0 Å². The van der Waals surface area contributed by atoms with E-state index in [9.17, 15) is 0 Å². The first-order valence-corrected chi connectivity index (χ1v) is 7.76. The van der Waals surface area contributed by atoms with Crippen LogP contribution in [-0.2, 0) is 0 Å². The maximum atomic E-state index is 4.12. The van der Waals surface area contributed by atoms with Gasteiger partial charge in [0.1, 0.15) is 0 Å². The molecule has 114 valence electrons. The summed E-state index contributed by atoms with van der Waals surface area (Å²) >= 11 is 0. The molecule has 0 saturated carbocycles. The molecule has 0 amide bonds. The summed E-state index contributed by atoms with van der Waals surface area (Å²) in [6, 6.07) is 18.8. The largest absolute Gasteiger partial charge is 0.265 e. The van der Waals surface area contributed by atoms with Gasteiger partial charge < -0.3 is 0 Å². The lowest BCUT2D eigenvalue weighted by molar-refractivity contribution is 1.32. The molecule has 0 saturated heterocycles. The number of rotatable bonds is 3. The number of pyridine rings is 3. The second-order valence-corrected chi connectivity index (χ2v) is 5.51. The highest BCUT2D eigenvalue weighted by Gasteiger charge is 2.07. The van der Waals surface area contributed by atoms with Crippen molar-refractivity contribution in [2.75, 3.05) is 0 Å². The van der Waals surface area contributed by atoms with Crippen LogP contribution in [0.25, 0.3) is 33.4 Å². The minimum atomic E-state index is 1.15. The molecule has 0 spiro atoms. The normalized spacial score (nSPS) is 10.5. The van der Waals surface area contributed by atoms with Crippen molar-refractivity contribution < 1.29 is 0 Å². The van der Waals surface area contributed by atoms with E-state index < -0.39 is 0 Å². The molecule has 0 fully saturated rings. The molecule has 0 radical (unpaired) electrons. The van der Waals surface area contributed by atoms with Gasteiger partial charge in [-0.15, -0.1) is 0 Å². The molecule has 0 atom stereocenters. The van der Waals surface area contributed by atoms with Crippen molar-refractivity contribution in [3.05, 3.63) is 91.8 Å². The minimum absolute atomic E-state index is 1.15. The molecule has 0 unspecified atom stereocenters. The average molecular weight is 309 g/mol. The van der Waals surface area contributed by atoms with Crippen LogP contribution in [0.1, 0.15) is 0 Å². The van der Waals surface area contributed by atoms with Crippen LogP contribution < -0.4 is 0 Å². The van der Waals surface area contributed by atoms with Crippen LogP contribution in [0.5, 0.6) is 0 Å².